The fourth-order valence-electron chi connectivity index (χ4n) is 2.36. The van der Waals surface area contributed by atoms with Crippen LogP contribution in [0.25, 0.3) is 10.9 Å². The molecule has 0 spiro atoms. The maximum Gasteiger partial charge on any atom is 0.0588 e. The molecule has 1 aliphatic rings. The highest BCUT2D eigenvalue weighted by molar-refractivity contribution is 6.31. The van der Waals surface area contributed by atoms with E-state index in [2.05, 4.69) is 10.3 Å². The molecule has 0 saturated heterocycles. The van der Waals surface area contributed by atoms with Crippen molar-refractivity contribution < 1.29 is 5.11 Å². The molecular formula is C12H13ClN2O. The first kappa shape index (κ1) is 10.1. The van der Waals surface area contributed by atoms with Crippen molar-refractivity contribution in [1.29, 1.82) is 0 Å². The third-order valence-corrected chi connectivity index (χ3v) is 3.43. The van der Waals surface area contributed by atoms with Crippen LogP contribution in [0.4, 0.5) is 0 Å². The van der Waals surface area contributed by atoms with E-state index in [0.29, 0.717) is 0 Å². The van der Waals surface area contributed by atoms with Crippen LogP contribution in [-0.4, -0.2) is 22.7 Å². The topological polar surface area (TPSA) is 48.0 Å². The van der Waals surface area contributed by atoms with Crippen molar-refractivity contribution in [2.24, 2.45) is 0 Å². The van der Waals surface area contributed by atoms with Gasteiger partial charge in [-0.25, -0.2) is 0 Å². The van der Waals surface area contributed by atoms with Crippen LogP contribution in [0.5, 0.6) is 0 Å². The lowest BCUT2D eigenvalue weighted by atomic mass is 9.99. The maximum absolute atomic E-state index is 9.18. The van der Waals surface area contributed by atoms with Gasteiger partial charge < -0.3 is 15.4 Å². The van der Waals surface area contributed by atoms with Gasteiger partial charge in [-0.3, -0.25) is 0 Å². The number of aliphatic hydroxyl groups excluding tert-OH is 1. The zero-order chi connectivity index (χ0) is 11.1. The molecule has 3 rings (SSSR count). The third-order valence-electron chi connectivity index (χ3n) is 3.19. The fraction of sp³-hybridized carbons (Fsp3) is 0.333. The van der Waals surface area contributed by atoms with E-state index in [1.807, 2.05) is 18.2 Å². The SMILES string of the molecule is OCC1Cc2c([nH]c3cc(Cl)ccc23)CN1. The van der Waals surface area contributed by atoms with Gasteiger partial charge in [-0.1, -0.05) is 17.7 Å². The highest BCUT2D eigenvalue weighted by Gasteiger charge is 2.21. The van der Waals surface area contributed by atoms with Crippen molar-refractivity contribution in [2.75, 3.05) is 6.61 Å². The lowest BCUT2D eigenvalue weighted by molar-refractivity contribution is 0.235. The van der Waals surface area contributed by atoms with Crippen LogP contribution < -0.4 is 5.32 Å². The number of hydrogen-bond acceptors (Lipinski definition) is 2. The second-order valence-electron chi connectivity index (χ2n) is 4.24. The average molecular weight is 237 g/mol. The Morgan fingerprint density at radius 3 is 3.12 bits per heavy atom. The molecule has 3 N–H and O–H groups in total. The van der Waals surface area contributed by atoms with Gasteiger partial charge in [0.25, 0.3) is 0 Å². The number of H-pyrrole nitrogens is 1. The first-order valence-corrected chi connectivity index (χ1v) is 5.79. The van der Waals surface area contributed by atoms with Gasteiger partial charge in [-0.2, -0.15) is 0 Å². The largest absolute Gasteiger partial charge is 0.395 e. The van der Waals surface area contributed by atoms with Gasteiger partial charge in [-0.15, -0.1) is 0 Å². The Bertz CT molecular complexity index is 535. The van der Waals surface area contributed by atoms with E-state index in [-0.39, 0.29) is 12.6 Å². The number of fused-ring (bicyclic) bond motifs is 3. The Kier molecular flexibility index (Phi) is 2.39. The fourth-order valence-corrected chi connectivity index (χ4v) is 2.53. The summed E-state index contributed by atoms with van der Waals surface area (Å²) in [5, 5.41) is 14.4. The number of rotatable bonds is 1. The molecule has 0 amide bonds. The van der Waals surface area contributed by atoms with Crippen LogP contribution in [-0.2, 0) is 13.0 Å². The molecule has 1 aromatic heterocycles. The summed E-state index contributed by atoms with van der Waals surface area (Å²) in [6, 6.07) is 6.08. The summed E-state index contributed by atoms with van der Waals surface area (Å²) in [6.45, 7) is 0.965. The minimum absolute atomic E-state index is 0.169. The smallest absolute Gasteiger partial charge is 0.0588 e. The van der Waals surface area contributed by atoms with E-state index in [4.69, 9.17) is 11.6 Å². The van der Waals surface area contributed by atoms with Crippen LogP contribution in [0.3, 0.4) is 0 Å². The van der Waals surface area contributed by atoms with Gasteiger partial charge in [0.2, 0.25) is 0 Å². The first-order chi connectivity index (χ1) is 7.78. The minimum atomic E-state index is 0.169. The lowest BCUT2D eigenvalue weighted by Crippen LogP contribution is -2.37. The Labute approximate surface area is 98.4 Å². The number of nitrogens with one attached hydrogen (secondary N) is 2. The molecule has 1 aromatic carbocycles. The number of halogens is 1. The Morgan fingerprint density at radius 1 is 1.44 bits per heavy atom. The van der Waals surface area contributed by atoms with Gasteiger partial charge >= 0.3 is 0 Å². The van der Waals surface area contributed by atoms with Crippen molar-refractivity contribution in [1.82, 2.24) is 10.3 Å². The van der Waals surface area contributed by atoms with Crippen LogP contribution in [0.1, 0.15) is 11.3 Å². The predicted octanol–water partition coefficient (Wildman–Crippen LogP) is 1.83. The van der Waals surface area contributed by atoms with Crippen LogP contribution in [0, 0.1) is 0 Å². The normalized spacial score (nSPS) is 20.0. The number of aromatic amines is 1. The van der Waals surface area contributed by atoms with E-state index in [1.54, 1.807) is 0 Å². The molecule has 84 valence electrons. The molecule has 0 radical (unpaired) electrons. The van der Waals surface area contributed by atoms with E-state index in [1.165, 1.54) is 16.6 Å². The number of aliphatic hydroxyl groups is 1. The highest BCUT2D eigenvalue weighted by atomic mass is 35.5. The highest BCUT2D eigenvalue weighted by Crippen LogP contribution is 2.28. The summed E-state index contributed by atoms with van der Waals surface area (Å²) in [7, 11) is 0. The molecule has 3 nitrogen and oxygen atoms in total. The van der Waals surface area contributed by atoms with Crippen molar-refractivity contribution in [3.05, 3.63) is 34.5 Å². The zero-order valence-electron chi connectivity index (χ0n) is 8.76. The molecule has 16 heavy (non-hydrogen) atoms. The van der Waals surface area contributed by atoms with Gasteiger partial charge in [0.1, 0.15) is 0 Å². The van der Waals surface area contributed by atoms with Crippen molar-refractivity contribution in [2.45, 2.75) is 19.0 Å². The van der Waals surface area contributed by atoms with Crippen molar-refractivity contribution >= 4 is 22.5 Å². The molecule has 0 fully saturated rings. The summed E-state index contributed by atoms with van der Waals surface area (Å²) in [6.07, 6.45) is 0.869. The van der Waals surface area contributed by atoms with Gasteiger partial charge in [0.15, 0.2) is 0 Å². The summed E-state index contributed by atoms with van der Waals surface area (Å²) in [5.74, 6) is 0. The average Bonchev–Trinajstić information content (AvgIpc) is 2.65. The summed E-state index contributed by atoms with van der Waals surface area (Å²) >= 11 is 5.96. The number of aromatic nitrogens is 1. The van der Waals surface area contributed by atoms with E-state index >= 15 is 0 Å². The molecular weight excluding hydrogens is 224 g/mol. The van der Waals surface area contributed by atoms with Crippen LogP contribution >= 0.6 is 11.6 Å². The molecule has 1 atom stereocenters. The molecule has 0 bridgehead atoms. The van der Waals surface area contributed by atoms with E-state index in [9.17, 15) is 5.11 Å². The number of hydrogen-bond donors (Lipinski definition) is 3. The summed E-state index contributed by atoms with van der Waals surface area (Å²) < 4.78 is 0. The standard InChI is InChI=1S/C12H13ClN2O/c13-7-1-2-9-10-4-8(6-16)14-5-12(10)15-11(9)3-7/h1-3,8,14-16H,4-6H2. The van der Waals surface area contributed by atoms with Crippen LogP contribution in [0.2, 0.25) is 5.02 Å². The molecule has 0 aliphatic carbocycles. The number of benzene rings is 1. The molecule has 0 saturated carbocycles. The Hall–Kier alpha value is -1.03. The quantitative estimate of drug-likeness (QED) is 0.708. The van der Waals surface area contributed by atoms with E-state index in [0.717, 1.165) is 23.5 Å². The van der Waals surface area contributed by atoms with Crippen molar-refractivity contribution in [3.8, 4) is 0 Å². The Morgan fingerprint density at radius 2 is 2.31 bits per heavy atom. The molecule has 1 aliphatic heterocycles. The summed E-state index contributed by atoms with van der Waals surface area (Å²) in [4.78, 5) is 3.37. The van der Waals surface area contributed by atoms with Gasteiger partial charge in [-0.05, 0) is 24.1 Å². The van der Waals surface area contributed by atoms with Gasteiger partial charge in [0.05, 0.1) is 6.61 Å². The molecule has 1 unspecified atom stereocenters. The first-order valence-electron chi connectivity index (χ1n) is 5.41. The zero-order valence-corrected chi connectivity index (χ0v) is 9.51. The van der Waals surface area contributed by atoms with Crippen LogP contribution in [0.15, 0.2) is 18.2 Å². The second-order valence-corrected chi connectivity index (χ2v) is 4.67. The third kappa shape index (κ3) is 1.52. The Balaban J connectivity index is 2.14. The maximum atomic E-state index is 9.18. The van der Waals surface area contributed by atoms with Crippen molar-refractivity contribution in [3.63, 3.8) is 0 Å². The summed E-state index contributed by atoms with van der Waals surface area (Å²) in [5.41, 5.74) is 3.60. The molecule has 2 heterocycles. The monoisotopic (exact) mass is 236 g/mol. The van der Waals surface area contributed by atoms with E-state index < -0.39 is 0 Å². The minimum Gasteiger partial charge on any atom is -0.395 e. The molecule has 4 heteroatoms. The molecule has 2 aromatic rings. The van der Waals surface area contributed by atoms with Gasteiger partial charge in [0, 0.05) is 34.2 Å². The lowest BCUT2D eigenvalue weighted by Gasteiger charge is -2.22. The second kappa shape index (κ2) is 3.77. The predicted molar refractivity (Wildman–Crippen MR) is 64.7 cm³/mol.